The molecule has 7 heteroatoms. The van der Waals surface area contributed by atoms with Crippen LogP contribution in [0, 0.1) is 5.82 Å². The number of imidazole rings is 1. The summed E-state index contributed by atoms with van der Waals surface area (Å²) in [5, 5.41) is 2.91. The molecule has 3 aromatic rings. The Balaban J connectivity index is 1.83. The molecule has 2 heterocycles. The molecule has 1 aliphatic rings. The lowest BCUT2D eigenvalue weighted by atomic mass is 9.89. The standard InChI is InChI=1S/C22H22FN3O3/c1-13(2)29-21-16(5-4-6-18(21)28-3)17-11-19(27)25-22-20(17)24-12-26(22)15-9-7-14(23)8-10-15/h4-10,12-13,17H,11H2,1-3H3,(H,25,27)/t17-/m1/s1. The van der Waals surface area contributed by atoms with Crippen LogP contribution in [0.25, 0.3) is 5.69 Å². The lowest BCUT2D eigenvalue weighted by molar-refractivity contribution is -0.116. The Morgan fingerprint density at radius 3 is 2.66 bits per heavy atom. The van der Waals surface area contributed by atoms with E-state index in [0.717, 1.165) is 11.3 Å². The van der Waals surface area contributed by atoms with E-state index in [4.69, 9.17) is 9.47 Å². The van der Waals surface area contributed by atoms with Gasteiger partial charge in [0.2, 0.25) is 5.91 Å². The van der Waals surface area contributed by atoms with Gasteiger partial charge in [0.15, 0.2) is 11.5 Å². The first-order valence-corrected chi connectivity index (χ1v) is 9.44. The number of ether oxygens (including phenoxy) is 2. The predicted molar refractivity (Wildman–Crippen MR) is 107 cm³/mol. The third kappa shape index (κ3) is 3.55. The molecule has 1 amide bonds. The number of fused-ring (bicyclic) bond motifs is 1. The fraction of sp³-hybridized carbons (Fsp3) is 0.273. The summed E-state index contributed by atoms with van der Waals surface area (Å²) < 4.78 is 26.6. The number of hydrogen-bond donors (Lipinski definition) is 1. The van der Waals surface area contributed by atoms with E-state index in [1.165, 1.54) is 12.1 Å². The molecule has 1 aromatic heterocycles. The fourth-order valence-corrected chi connectivity index (χ4v) is 3.59. The maximum absolute atomic E-state index is 13.3. The summed E-state index contributed by atoms with van der Waals surface area (Å²) in [5.74, 6) is 1.08. The average Bonchev–Trinajstić information content (AvgIpc) is 3.11. The van der Waals surface area contributed by atoms with Gasteiger partial charge >= 0.3 is 0 Å². The molecule has 1 N–H and O–H groups in total. The van der Waals surface area contributed by atoms with E-state index in [-0.39, 0.29) is 30.2 Å². The number of methoxy groups -OCH3 is 1. The van der Waals surface area contributed by atoms with E-state index < -0.39 is 0 Å². The zero-order chi connectivity index (χ0) is 20.5. The van der Waals surface area contributed by atoms with Crippen LogP contribution in [0.1, 0.15) is 37.4 Å². The van der Waals surface area contributed by atoms with Gasteiger partial charge in [0.1, 0.15) is 18.0 Å². The summed E-state index contributed by atoms with van der Waals surface area (Å²) in [6.07, 6.45) is 1.83. The molecule has 2 aromatic carbocycles. The van der Waals surface area contributed by atoms with Crippen LogP contribution in [-0.2, 0) is 4.79 Å². The molecule has 29 heavy (non-hydrogen) atoms. The van der Waals surface area contributed by atoms with Crippen molar-refractivity contribution in [1.29, 1.82) is 0 Å². The Morgan fingerprint density at radius 1 is 1.21 bits per heavy atom. The number of amides is 1. The zero-order valence-corrected chi connectivity index (χ0v) is 16.5. The Bertz CT molecular complexity index is 1040. The zero-order valence-electron chi connectivity index (χ0n) is 16.5. The highest BCUT2D eigenvalue weighted by atomic mass is 19.1. The Labute approximate surface area is 168 Å². The van der Waals surface area contributed by atoms with Crippen molar-refractivity contribution in [1.82, 2.24) is 9.55 Å². The van der Waals surface area contributed by atoms with E-state index in [9.17, 15) is 9.18 Å². The minimum Gasteiger partial charge on any atom is -0.493 e. The molecule has 4 rings (SSSR count). The SMILES string of the molecule is COc1cccc([C@H]2CC(=O)Nc3c2ncn3-c2ccc(F)cc2)c1OC(C)C. The van der Waals surface area contributed by atoms with Crippen molar-refractivity contribution in [2.24, 2.45) is 0 Å². The summed E-state index contributed by atoms with van der Waals surface area (Å²) in [6.45, 7) is 3.89. The molecule has 6 nitrogen and oxygen atoms in total. The highest BCUT2D eigenvalue weighted by Crippen LogP contribution is 2.44. The van der Waals surface area contributed by atoms with Crippen molar-refractivity contribution >= 4 is 11.7 Å². The number of anilines is 1. The molecule has 1 aliphatic heterocycles. The van der Waals surface area contributed by atoms with Gasteiger partial charge in [-0.2, -0.15) is 0 Å². The van der Waals surface area contributed by atoms with Crippen LogP contribution in [0.4, 0.5) is 10.2 Å². The number of carbonyl (C=O) groups is 1. The first kappa shape index (κ1) is 19.0. The second-order valence-corrected chi connectivity index (χ2v) is 7.17. The largest absolute Gasteiger partial charge is 0.493 e. The molecule has 0 saturated heterocycles. The number of hydrogen-bond acceptors (Lipinski definition) is 4. The second kappa shape index (κ2) is 7.58. The molecule has 0 bridgehead atoms. The molecule has 0 aliphatic carbocycles. The van der Waals surface area contributed by atoms with Gasteiger partial charge in [-0.15, -0.1) is 0 Å². The van der Waals surface area contributed by atoms with Crippen molar-refractivity contribution in [2.75, 3.05) is 12.4 Å². The number of halogens is 1. The van der Waals surface area contributed by atoms with Crippen LogP contribution in [0.3, 0.4) is 0 Å². The van der Waals surface area contributed by atoms with Crippen molar-refractivity contribution in [3.8, 4) is 17.2 Å². The fourth-order valence-electron chi connectivity index (χ4n) is 3.59. The molecule has 0 spiro atoms. The molecule has 0 radical (unpaired) electrons. The first-order valence-electron chi connectivity index (χ1n) is 9.44. The van der Waals surface area contributed by atoms with Gasteiger partial charge < -0.3 is 14.8 Å². The number of rotatable bonds is 5. The van der Waals surface area contributed by atoms with Gasteiger partial charge in [-0.25, -0.2) is 9.37 Å². The van der Waals surface area contributed by atoms with Crippen molar-refractivity contribution in [2.45, 2.75) is 32.3 Å². The second-order valence-electron chi connectivity index (χ2n) is 7.17. The number of para-hydroxylation sites is 1. The van der Waals surface area contributed by atoms with E-state index in [0.29, 0.717) is 23.0 Å². The predicted octanol–water partition coefficient (Wildman–Crippen LogP) is 4.28. The topological polar surface area (TPSA) is 65.4 Å². The average molecular weight is 395 g/mol. The normalized spacial score (nSPS) is 15.8. The third-order valence-corrected chi connectivity index (χ3v) is 4.84. The van der Waals surface area contributed by atoms with Crippen LogP contribution in [0.15, 0.2) is 48.8 Å². The van der Waals surface area contributed by atoms with Gasteiger partial charge in [0.05, 0.1) is 18.9 Å². The maximum Gasteiger partial charge on any atom is 0.226 e. The number of nitrogens with one attached hydrogen (secondary N) is 1. The van der Waals surface area contributed by atoms with E-state index >= 15 is 0 Å². The van der Waals surface area contributed by atoms with E-state index in [2.05, 4.69) is 10.3 Å². The van der Waals surface area contributed by atoms with Crippen LogP contribution in [-0.4, -0.2) is 28.7 Å². The summed E-state index contributed by atoms with van der Waals surface area (Å²) in [6, 6.07) is 11.7. The molecular weight excluding hydrogens is 373 g/mol. The lowest BCUT2D eigenvalue weighted by Gasteiger charge is -2.26. The molecular formula is C22H22FN3O3. The van der Waals surface area contributed by atoms with Gasteiger partial charge in [0, 0.05) is 23.6 Å². The number of carbonyl (C=O) groups excluding carboxylic acids is 1. The minimum absolute atomic E-state index is 0.0567. The Hall–Kier alpha value is -3.35. The molecule has 1 atom stereocenters. The first-order chi connectivity index (χ1) is 14.0. The Morgan fingerprint density at radius 2 is 1.97 bits per heavy atom. The molecule has 0 unspecified atom stereocenters. The van der Waals surface area contributed by atoms with Crippen molar-refractivity contribution in [3.05, 3.63) is 65.9 Å². The van der Waals surface area contributed by atoms with Crippen LogP contribution in [0.5, 0.6) is 11.5 Å². The molecule has 0 saturated carbocycles. The van der Waals surface area contributed by atoms with E-state index in [1.807, 2.05) is 32.0 Å². The third-order valence-electron chi connectivity index (χ3n) is 4.84. The quantitative estimate of drug-likeness (QED) is 0.700. The van der Waals surface area contributed by atoms with Gasteiger partial charge in [-0.1, -0.05) is 12.1 Å². The molecule has 150 valence electrons. The summed E-state index contributed by atoms with van der Waals surface area (Å²) in [5.41, 5.74) is 2.29. The minimum atomic E-state index is -0.323. The van der Waals surface area contributed by atoms with Gasteiger partial charge in [0.25, 0.3) is 0 Å². The van der Waals surface area contributed by atoms with Gasteiger partial charge in [-0.05, 0) is 44.2 Å². The number of nitrogens with zero attached hydrogens (tertiary/aromatic N) is 2. The van der Waals surface area contributed by atoms with Gasteiger partial charge in [-0.3, -0.25) is 9.36 Å². The van der Waals surface area contributed by atoms with Crippen LogP contribution < -0.4 is 14.8 Å². The van der Waals surface area contributed by atoms with Crippen molar-refractivity contribution < 1.29 is 18.7 Å². The highest BCUT2D eigenvalue weighted by molar-refractivity contribution is 5.94. The monoisotopic (exact) mass is 395 g/mol. The molecule has 0 fully saturated rings. The summed E-state index contributed by atoms with van der Waals surface area (Å²) >= 11 is 0. The van der Waals surface area contributed by atoms with E-state index in [1.54, 1.807) is 30.1 Å². The smallest absolute Gasteiger partial charge is 0.226 e. The Kier molecular flexibility index (Phi) is 4.96. The van der Waals surface area contributed by atoms with Crippen molar-refractivity contribution in [3.63, 3.8) is 0 Å². The maximum atomic E-state index is 13.3. The number of aromatic nitrogens is 2. The summed E-state index contributed by atoms with van der Waals surface area (Å²) in [7, 11) is 1.59. The van der Waals surface area contributed by atoms with Crippen LogP contribution >= 0.6 is 0 Å². The number of benzene rings is 2. The lowest BCUT2D eigenvalue weighted by Crippen LogP contribution is -2.25. The summed E-state index contributed by atoms with van der Waals surface area (Å²) in [4.78, 5) is 17.1. The van der Waals surface area contributed by atoms with Crippen LogP contribution in [0.2, 0.25) is 0 Å². The highest BCUT2D eigenvalue weighted by Gasteiger charge is 2.33.